The van der Waals surface area contributed by atoms with E-state index in [2.05, 4.69) is 188 Å². The first-order valence-corrected chi connectivity index (χ1v) is 16.4. The second-order valence-electron chi connectivity index (χ2n) is 13.5. The molecule has 8 rings (SSSR count). The van der Waals surface area contributed by atoms with Gasteiger partial charge < -0.3 is 14.7 Å². The van der Waals surface area contributed by atoms with Crippen molar-refractivity contribution in [2.24, 2.45) is 0 Å². The van der Waals surface area contributed by atoms with Crippen LogP contribution in [0.25, 0.3) is 11.1 Å². The molecule has 0 saturated carbocycles. The maximum absolute atomic E-state index is 5.71. The van der Waals surface area contributed by atoms with Gasteiger partial charge in [0.1, 0.15) is 5.82 Å². The first-order valence-electron chi connectivity index (χ1n) is 16.4. The van der Waals surface area contributed by atoms with Crippen molar-refractivity contribution in [3.63, 3.8) is 0 Å². The molecule has 1 aromatic heterocycles. The minimum absolute atomic E-state index is 0. The van der Waals surface area contributed by atoms with Gasteiger partial charge in [-0.05, 0) is 76.9 Å². The fraction of sp³-hybridized carbons (Fsp3) is 0.136. The molecule has 6 aromatic rings. The molecule has 1 aliphatic carbocycles. The first-order chi connectivity index (χ1) is 23.3. The van der Waals surface area contributed by atoms with Crippen molar-refractivity contribution in [3.8, 4) is 11.1 Å². The Morgan fingerprint density at radius 1 is 0.735 bits per heavy atom. The molecule has 0 fully saturated rings. The number of aromatic nitrogens is 1. The summed E-state index contributed by atoms with van der Waals surface area (Å²) in [7, 11) is 2.04. The molecule has 5 heteroatoms. The van der Waals surface area contributed by atoms with Gasteiger partial charge >= 0.3 is 0 Å². The number of benzene rings is 5. The zero-order chi connectivity index (χ0) is 32.9. The molecule has 0 unspecified atom stereocenters. The van der Waals surface area contributed by atoms with Crippen LogP contribution >= 0.6 is 0 Å². The quantitative estimate of drug-likeness (QED) is 0.156. The molecule has 0 radical (unpaired) electrons. The Balaban J connectivity index is 0.00000378. The number of hydrogen-bond donors (Lipinski definition) is 0. The van der Waals surface area contributed by atoms with Crippen LogP contribution < -0.4 is 9.80 Å². The second kappa shape index (κ2) is 12.8. The van der Waals surface area contributed by atoms with E-state index in [1.54, 1.807) is 0 Å². The van der Waals surface area contributed by atoms with Crippen molar-refractivity contribution in [2.75, 3.05) is 16.8 Å². The van der Waals surface area contributed by atoms with Crippen LogP contribution in [0.15, 0.2) is 146 Å². The predicted octanol–water partition coefficient (Wildman–Crippen LogP) is 10.2. The third-order valence-electron chi connectivity index (χ3n) is 9.42. The van der Waals surface area contributed by atoms with Crippen LogP contribution in [0.1, 0.15) is 48.7 Å². The van der Waals surface area contributed by atoms with Gasteiger partial charge in [-0.2, -0.15) is 55.2 Å². The monoisotopic (exact) mass is 816 g/mol. The van der Waals surface area contributed by atoms with Crippen LogP contribution in [0.3, 0.4) is 0 Å². The van der Waals surface area contributed by atoms with Gasteiger partial charge in [0.05, 0.1) is 11.1 Å². The summed E-state index contributed by atoms with van der Waals surface area (Å²) in [5, 5.41) is 0. The fourth-order valence-electron chi connectivity index (χ4n) is 7.11. The van der Waals surface area contributed by atoms with E-state index >= 15 is 0 Å². The van der Waals surface area contributed by atoms with Gasteiger partial charge in [0, 0.05) is 26.8 Å². The summed E-state index contributed by atoms with van der Waals surface area (Å²) in [6.45, 7) is 8.90. The van der Waals surface area contributed by atoms with Gasteiger partial charge in [0.2, 0.25) is 0 Å². The molecule has 246 valence electrons. The van der Waals surface area contributed by atoms with E-state index in [1.807, 2.05) is 19.2 Å². The number of nitrogens with zero attached hydrogens (tertiary/aromatic N) is 4. The molecule has 0 amide bonds. The van der Waals surface area contributed by atoms with Gasteiger partial charge in [-0.15, -0.1) is 17.3 Å². The van der Waals surface area contributed by atoms with Crippen LogP contribution in [0.4, 0.5) is 22.9 Å². The Morgan fingerprint density at radius 2 is 1.41 bits per heavy atom. The largest absolute Gasteiger partial charge is 0.510 e. The molecular weight excluding hydrogens is 780 g/mol. The smallest absolute Gasteiger partial charge is 0.136 e. The fourth-order valence-corrected chi connectivity index (χ4v) is 7.11. The maximum Gasteiger partial charge on any atom is 0.136 e. The summed E-state index contributed by atoms with van der Waals surface area (Å²) in [5.74, 6) is 0.848. The van der Waals surface area contributed by atoms with Crippen LogP contribution in [0.2, 0.25) is 0 Å². The molecule has 0 atom stereocenters. The van der Waals surface area contributed by atoms with Crippen molar-refractivity contribution >= 4 is 22.9 Å². The summed E-state index contributed by atoms with van der Waals surface area (Å²) in [5.41, 5.74) is 10.1. The molecule has 5 aromatic carbocycles. The number of pyridine rings is 1. The Bertz CT molecular complexity index is 2050. The van der Waals surface area contributed by atoms with Crippen LogP contribution in [0.5, 0.6) is 0 Å². The standard InChI is InChI=1S/C44H37N4.Pt/c1-43(2,3)33-29-41(45-42(30-33)48(34-17-7-5-8-18-34)35-19-9-6-10-20-35)44(32-16-15-21-36(28-32)47-27-26-46(4)31-47)39-24-13-11-22-37(39)38-23-12-14-25-40(38)44;/h5-19,21-27,29-31H,1-4H3;/q-3;. The number of fused-ring (bicyclic) bond motifs is 3. The number of rotatable bonds is 6. The molecule has 0 N–H and O–H groups in total. The Labute approximate surface area is 304 Å². The first kappa shape index (κ1) is 32.6. The third-order valence-corrected chi connectivity index (χ3v) is 9.42. The van der Waals surface area contributed by atoms with E-state index in [1.165, 1.54) is 27.8 Å². The Kier molecular flexibility index (Phi) is 8.55. The molecular formula is C44H37N4Pt-3. The predicted molar refractivity (Wildman–Crippen MR) is 196 cm³/mol. The molecule has 0 saturated heterocycles. The van der Waals surface area contributed by atoms with E-state index in [0.29, 0.717) is 0 Å². The van der Waals surface area contributed by atoms with Gasteiger partial charge in [-0.3, -0.25) is 0 Å². The van der Waals surface area contributed by atoms with E-state index < -0.39 is 5.41 Å². The minimum Gasteiger partial charge on any atom is -0.510 e. The number of anilines is 4. The van der Waals surface area contributed by atoms with Gasteiger partial charge in [0.25, 0.3) is 0 Å². The molecule has 0 bridgehead atoms. The van der Waals surface area contributed by atoms with Crippen LogP contribution in [0, 0.1) is 18.8 Å². The SMILES string of the molecule is CN1C=CN(c2[c-]c(C3(c4cc(C(C)(C)C)cc(N(c5[c-]cccc5)c5ccccc5)n4)c4ccccc4-c4ccccc43)ccc2)[CH-]1.[Pt]. The molecule has 0 spiro atoms. The maximum atomic E-state index is 5.71. The number of hydrogen-bond acceptors (Lipinski definition) is 4. The average Bonchev–Trinajstić information content (AvgIpc) is 3.69. The van der Waals surface area contributed by atoms with E-state index in [0.717, 1.165) is 34.1 Å². The van der Waals surface area contributed by atoms with E-state index in [9.17, 15) is 0 Å². The zero-order valence-corrected chi connectivity index (χ0v) is 30.3. The normalized spacial score (nSPS) is 14.3. The van der Waals surface area contributed by atoms with Crippen molar-refractivity contribution < 1.29 is 21.1 Å². The molecule has 2 aliphatic rings. The topological polar surface area (TPSA) is 22.6 Å². The Morgan fingerprint density at radius 3 is 2.04 bits per heavy atom. The summed E-state index contributed by atoms with van der Waals surface area (Å²) < 4.78 is 0. The molecule has 1 aliphatic heterocycles. The van der Waals surface area contributed by atoms with E-state index in [-0.39, 0.29) is 26.5 Å². The number of para-hydroxylation sites is 2. The summed E-state index contributed by atoms with van der Waals surface area (Å²) in [6.07, 6.45) is 4.12. The molecule has 4 nitrogen and oxygen atoms in total. The van der Waals surface area contributed by atoms with E-state index in [4.69, 9.17) is 4.98 Å². The summed E-state index contributed by atoms with van der Waals surface area (Å²) in [4.78, 5) is 12.1. The van der Waals surface area contributed by atoms with Crippen LogP contribution in [-0.2, 0) is 31.9 Å². The van der Waals surface area contributed by atoms with Crippen LogP contribution in [-0.4, -0.2) is 16.9 Å². The second-order valence-corrected chi connectivity index (χ2v) is 13.5. The molecule has 2 heterocycles. The van der Waals surface area contributed by atoms with Crippen molar-refractivity contribution in [3.05, 3.63) is 193 Å². The van der Waals surface area contributed by atoms with Crippen molar-refractivity contribution in [2.45, 2.75) is 31.6 Å². The summed E-state index contributed by atoms with van der Waals surface area (Å²) >= 11 is 0. The minimum atomic E-state index is -0.725. The average molecular weight is 817 g/mol. The van der Waals surface area contributed by atoms with Crippen molar-refractivity contribution in [1.82, 2.24) is 9.88 Å². The third kappa shape index (κ3) is 5.59. The van der Waals surface area contributed by atoms with Gasteiger partial charge in [-0.25, -0.2) is 4.98 Å². The zero-order valence-electron chi connectivity index (χ0n) is 28.0. The van der Waals surface area contributed by atoms with Gasteiger partial charge in [-0.1, -0.05) is 93.2 Å². The van der Waals surface area contributed by atoms with Gasteiger partial charge in [0.15, 0.2) is 0 Å². The van der Waals surface area contributed by atoms with Crippen molar-refractivity contribution in [1.29, 1.82) is 0 Å². The summed E-state index contributed by atoms with van der Waals surface area (Å²) in [6, 6.07) is 54.7. The molecule has 49 heavy (non-hydrogen) atoms. The Hall–Kier alpha value is -4.92.